The first-order valence-electron chi connectivity index (χ1n) is 8.85. The Kier molecular flexibility index (Phi) is 7.20. The van der Waals surface area contributed by atoms with E-state index in [4.69, 9.17) is 9.52 Å². The molecule has 25 heavy (non-hydrogen) atoms. The van der Waals surface area contributed by atoms with Crippen LogP contribution in [0.25, 0.3) is 17.4 Å². The summed E-state index contributed by atoms with van der Waals surface area (Å²) >= 11 is 0. The van der Waals surface area contributed by atoms with Crippen LogP contribution in [-0.2, 0) is 6.42 Å². The molecule has 0 aliphatic rings. The number of hydrogen-bond donors (Lipinski definition) is 1. The lowest BCUT2D eigenvalue weighted by atomic mass is 10.0. The average molecular weight is 342 g/mol. The standard InChI is InChI=1S/C22H27FO2/c1-16(2)17(3)14-21-19(8-6-4-5-7-13-24)15-22(25-21)18-9-11-20(23)12-10-18/h9-12,14-15,24H,1,4-8,13H2,2-3H3/b17-14+. The van der Waals surface area contributed by atoms with E-state index in [1.54, 1.807) is 12.1 Å². The first-order valence-corrected chi connectivity index (χ1v) is 8.85. The van der Waals surface area contributed by atoms with Gasteiger partial charge >= 0.3 is 0 Å². The second-order valence-electron chi connectivity index (χ2n) is 6.50. The average Bonchev–Trinajstić information content (AvgIpc) is 2.98. The zero-order valence-electron chi connectivity index (χ0n) is 15.1. The van der Waals surface area contributed by atoms with Crippen LogP contribution in [-0.4, -0.2) is 11.7 Å². The molecule has 0 spiro atoms. The maximum absolute atomic E-state index is 13.1. The van der Waals surface area contributed by atoms with Crippen LogP contribution in [0.2, 0.25) is 0 Å². The molecule has 0 aliphatic carbocycles. The lowest BCUT2D eigenvalue weighted by Crippen LogP contribution is -1.88. The van der Waals surface area contributed by atoms with Gasteiger partial charge in [0.15, 0.2) is 0 Å². The number of aliphatic hydroxyl groups excluding tert-OH is 1. The predicted molar refractivity (Wildman–Crippen MR) is 102 cm³/mol. The second kappa shape index (κ2) is 9.38. The summed E-state index contributed by atoms with van der Waals surface area (Å²) in [6.45, 7) is 8.23. The lowest BCUT2D eigenvalue weighted by molar-refractivity contribution is 0.282. The monoisotopic (exact) mass is 342 g/mol. The van der Waals surface area contributed by atoms with Crippen molar-refractivity contribution in [1.82, 2.24) is 0 Å². The van der Waals surface area contributed by atoms with Crippen molar-refractivity contribution >= 4 is 6.08 Å². The van der Waals surface area contributed by atoms with Gasteiger partial charge in [0, 0.05) is 12.2 Å². The normalized spacial score (nSPS) is 11.8. The third kappa shape index (κ3) is 5.71. The number of benzene rings is 1. The number of aliphatic hydroxyl groups is 1. The summed E-state index contributed by atoms with van der Waals surface area (Å²) in [5.74, 6) is 1.35. The lowest BCUT2D eigenvalue weighted by Gasteiger charge is -2.02. The van der Waals surface area contributed by atoms with Gasteiger partial charge in [0.05, 0.1) is 0 Å². The third-order valence-corrected chi connectivity index (χ3v) is 4.35. The maximum Gasteiger partial charge on any atom is 0.135 e. The summed E-state index contributed by atoms with van der Waals surface area (Å²) in [7, 11) is 0. The van der Waals surface area contributed by atoms with Gasteiger partial charge < -0.3 is 9.52 Å². The van der Waals surface area contributed by atoms with Crippen molar-refractivity contribution in [1.29, 1.82) is 0 Å². The summed E-state index contributed by atoms with van der Waals surface area (Å²) in [6.07, 6.45) is 6.97. The van der Waals surface area contributed by atoms with Crippen molar-refractivity contribution in [3.63, 3.8) is 0 Å². The molecule has 2 aromatic rings. The van der Waals surface area contributed by atoms with Gasteiger partial charge in [0.25, 0.3) is 0 Å². The SMILES string of the molecule is C=C(C)/C(C)=C/c1oc(-c2ccc(F)cc2)cc1CCCCCCO. The van der Waals surface area contributed by atoms with E-state index in [1.165, 1.54) is 12.1 Å². The molecule has 1 heterocycles. The van der Waals surface area contributed by atoms with Gasteiger partial charge in [0.1, 0.15) is 17.3 Å². The van der Waals surface area contributed by atoms with Crippen molar-refractivity contribution in [2.24, 2.45) is 0 Å². The van der Waals surface area contributed by atoms with Crippen LogP contribution in [0.3, 0.4) is 0 Å². The van der Waals surface area contributed by atoms with Crippen molar-refractivity contribution in [2.45, 2.75) is 46.0 Å². The number of furan rings is 1. The molecule has 3 heteroatoms. The second-order valence-corrected chi connectivity index (χ2v) is 6.50. The van der Waals surface area contributed by atoms with Crippen LogP contribution in [0.15, 0.2) is 52.5 Å². The molecule has 0 bridgehead atoms. The van der Waals surface area contributed by atoms with Gasteiger partial charge in [-0.3, -0.25) is 0 Å². The maximum atomic E-state index is 13.1. The van der Waals surface area contributed by atoms with E-state index < -0.39 is 0 Å². The molecule has 2 rings (SSSR count). The fourth-order valence-electron chi connectivity index (χ4n) is 2.62. The molecule has 0 amide bonds. The smallest absolute Gasteiger partial charge is 0.135 e. The van der Waals surface area contributed by atoms with Crippen molar-refractivity contribution in [2.75, 3.05) is 6.61 Å². The molecule has 2 nitrogen and oxygen atoms in total. The minimum absolute atomic E-state index is 0.252. The molecular weight excluding hydrogens is 315 g/mol. The molecule has 0 aliphatic heterocycles. The Morgan fingerprint density at radius 2 is 1.80 bits per heavy atom. The van der Waals surface area contributed by atoms with E-state index in [0.717, 1.165) is 65.9 Å². The van der Waals surface area contributed by atoms with Crippen molar-refractivity contribution in [3.05, 3.63) is 65.2 Å². The zero-order valence-corrected chi connectivity index (χ0v) is 15.1. The Labute approximate surface area is 149 Å². The Morgan fingerprint density at radius 1 is 1.12 bits per heavy atom. The van der Waals surface area contributed by atoms with Crippen LogP contribution in [0.5, 0.6) is 0 Å². The van der Waals surface area contributed by atoms with E-state index in [-0.39, 0.29) is 12.4 Å². The van der Waals surface area contributed by atoms with E-state index >= 15 is 0 Å². The number of allylic oxidation sites excluding steroid dienone is 2. The molecule has 134 valence electrons. The third-order valence-electron chi connectivity index (χ3n) is 4.35. The molecule has 1 N–H and O–H groups in total. The number of hydrogen-bond acceptors (Lipinski definition) is 2. The highest BCUT2D eigenvalue weighted by Crippen LogP contribution is 2.29. The molecule has 0 saturated carbocycles. The topological polar surface area (TPSA) is 33.4 Å². The molecule has 1 aromatic heterocycles. The van der Waals surface area contributed by atoms with Crippen LogP contribution in [0, 0.1) is 5.82 Å². The number of unbranched alkanes of at least 4 members (excludes halogenated alkanes) is 3. The first-order chi connectivity index (χ1) is 12.0. The quantitative estimate of drug-likeness (QED) is 0.437. The van der Waals surface area contributed by atoms with Crippen molar-refractivity contribution in [3.8, 4) is 11.3 Å². The van der Waals surface area contributed by atoms with E-state index in [1.807, 2.05) is 19.9 Å². The van der Waals surface area contributed by atoms with E-state index in [9.17, 15) is 4.39 Å². The van der Waals surface area contributed by atoms with Gasteiger partial charge in [0.2, 0.25) is 0 Å². The van der Waals surface area contributed by atoms with Crippen molar-refractivity contribution < 1.29 is 13.9 Å². The summed E-state index contributed by atoms with van der Waals surface area (Å²) in [6, 6.07) is 8.41. The summed E-state index contributed by atoms with van der Waals surface area (Å²) in [5.41, 5.74) is 4.12. The minimum Gasteiger partial charge on any atom is -0.456 e. The first kappa shape index (κ1) is 19.2. The fraction of sp³-hybridized carbons (Fsp3) is 0.364. The summed E-state index contributed by atoms with van der Waals surface area (Å²) in [5, 5.41) is 8.87. The highest BCUT2D eigenvalue weighted by atomic mass is 19.1. The van der Waals surface area contributed by atoms with Gasteiger partial charge in [-0.1, -0.05) is 25.0 Å². The number of aryl methyl sites for hydroxylation is 1. The molecule has 0 atom stereocenters. The highest BCUT2D eigenvalue weighted by Gasteiger charge is 2.12. The van der Waals surface area contributed by atoms with E-state index in [0.29, 0.717) is 0 Å². The molecule has 0 unspecified atom stereocenters. The van der Waals surface area contributed by atoms with Crippen LogP contribution < -0.4 is 0 Å². The fourth-order valence-corrected chi connectivity index (χ4v) is 2.62. The Bertz CT molecular complexity index is 723. The molecule has 0 saturated heterocycles. The highest BCUT2D eigenvalue weighted by molar-refractivity contribution is 5.64. The van der Waals surface area contributed by atoms with Crippen LogP contribution >= 0.6 is 0 Å². The Balaban J connectivity index is 2.23. The Hall–Kier alpha value is -2.13. The minimum atomic E-state index is -0.252. The molecular formula is C22H27FO2. The zero-order chi connectivity index (χ0) is 18.2. The van der Waals surface area contributed by atoms with Gasteiger partial charge in [-0.25, -0.2) is 4.39 Å². The molecule has 0 radical (unpaired) electrons. The van der Waals surface area contributed by atoms with Gasteiger partial charge in [-0.2, -0.15) is 0 Å². The predicted octanol–water partition coefficient (Wildman–Crippen LogP) is 6.16. The molecule has 1 aromatic carbocycles. The Morgan fingerprint density at radius 3 is 2.44 bits per heavy atom. The van der Waals surface area contributed by atoms with Gasteiger partial charge in [-0.05, 0) is 80.7 Å². The van der Waals surface area contributed by atoms with E-state index in [2.05, 4.69) is 12.6 Å². The number of rotatable bonds is 9. The largest absolute Gasteiger partial charge is 0.456 e. The molecule has 0 fully saturated rings. The summed E-state index contributed by atoms with van der Waals surface area (Å²) < 4.78 is 19.2. The van der Waals surface area contributed by atoms with Gasteiger partial charge in [-0.15, -0.1) is 0 Å². The van der Waals surface area contributed by atoms with Crippen LogP contribution in [0.4, 0.5) is 4.39 Å². The number of halogens is 1. The summed E-state index contributed by atoms with van der Waals surface area (Å²) in [4.78, 5) is 0. The van der Waals surface area contributed by atoms with Crippen LogP contribution in [0.1, 0.15) is 50.9 Å².